The lowest BCUT2D eigenvalue weighted by atomic mass is 9.90. The zero-order valence-corrected chi connectivity index (χ0v) is 22.1. The fourth-order valence-electron chi connectivity index (χ4n) is 5.65. The molecule has 2 aliphatic carbocycles. The molecule has 5 atom stereocenters. The summed E-state index contributed by atoms with van der Waals surface area (Å²) in [6, 6.07) is 4.35. The molecule has 3 fully saturated rings. The van der Waals surface area contributed by atoms with Crippen LogP contribution in [0.5, 0.6) is 0 Å². The van der Waals surface area contributed by atoms with Gasteiger partial charge in [0.15, 0.2) is 0 Å². The number of nitrogens with zero attached hydrogens (tertiary/aromatic N) is 1. The molecule has 0 spiro atoms. The summed E-state index contributed by atoms with van der Waals surface area (Å²) < 4.78 is 26.8. The fourth-order valence-corrected chi connectivity index (χ4v) is 7.26. The Morgan fingerprint density at radius 2 is 2.00 bits per heavy atom. The summed E-state index contributed by atoms with van der Waals surface area (Å²) in [6.07, 6.45) is 1.42. The first-order valence-corrected chi connectivity index (χ1v) is 13.9. The van der Waals surface area contributed by atoms with Crippen molar-refractivity contribution in [1.29, 1.82) is 0 Å². The van der Waals surface area contributed by atoms with Gasteiger partial charge in [0.25, 0.3) is 5.91 Å². The Morgan fingerprint density at radius 3 is 2.61 bits per heavy atom. The second kappa shape index (κ2) is 9.66. The number of benzene rings is 1. The van der Waals surface area contributed by atoms with Crippen molar-refractivity contribution in [3.05, 3.63) is 34.3 Å². The lowest BCUT2D eigenvalue weighted by Crippen LogP contribution is -2.55. The molecule has 4 aliphatic rings. The van der Waals surface area contributed by atoms with Crippen molar-refractivity contribution in [2.75, 3.05) is 6.54 Å². The maximum absolute atomic E-state index is 13.2. The van der Waals surface area contributed by atoms with E-state index in [4.69, 9.17) is 11.6 Å². The number of hydrogen-bond donors (Lipinski definition) is 4. The van der Waals surface area contributed by atoms with Gasteiger partial charge in [0.1, 0.15) is 5.54 Å². The van der Waals surface area contributed by atoms with Crippen molar-refractivity contribution in [2.45, 2.75) is 68.4 Å². The Bertz CT molecular complexity index is 1190. The van der Waals surface area contributed by atoms with Crippen LogP contribution in [-0.4, -0.2) is 59.7 Å². The van der Waals surface area contributed by atoms with E-state index in [1.807, 2.05) is 13.0 Å². The minimum atomic E-state index is -3.72. The fraction of sp³-hybridized carbons (Fsp3) is 0.609. The van der Waals surface area contributed by atoms with E-state index in [0.29, 0.717) is 43.7 Å². The molecule has 2 saturated carbocycles. The molecule has 36 heavy (non-hydrogen) atoms. The van der Waals surface area contributed by atoms with Crippen molar-refractivity contribution >= 4 is 51.9 Å². The maximum atomic E-state index is 13.2. The number of fused-ring (bicyclic) bond motifs is 1. The quantitative estimate of drug-likeness (QED) is 0.399. The number of halogens is 2. The van der Waals surface area contributed by atoms with E-state index < -0.39 is 44.9 Å². The third-order valence-electron chi connectivity index (χ3n) is 7.86. The highest BCUT2D eigenvalue weighted by Gasteiger charge is 2.61. The lowest BCUT2D eigenvalue weighted by molar-refractivity contribution is -0.130. The molecular formula is C23H30Cl2N4O6S. The van der Waals surface area contributed by atoms with E-state index in [1.54, 1.807) is 12.1 Å². The second-order valence-electron chi connectivity index (χ2n) is 10.1. The molecule has 1 unspecified atom stereocenters. The Balaban J connectivity index is 0.00000304. The van der Waals surface area contributed by atoms with Gasteiger partial charge in [-0.15, -0.1) is 12.4 Å². The topological polar surface area (TPSA) is 145 Å². The van der Waals surface area contributed by atoms with Crippen LogP contribution >= 0.6 is 24.0 Å². The summed E-state index contributed by atoms with van der Waals surface area (Å²) in [5.41, 5.74) is 0.404. The predicted octanol–water partition coefficient (Wildman–Crippen LogP) is 2.17. The van der Waals surface area contributed by atoms with Gasteiger partial charge in [-0.1, -0.05) is 37.1 Å². The summed E-state index contributed by atoms with van der Waals surface area (Å²) >= 11 is 6.32. The predicted molar refractivity (Wildman–Crippen MR) is 134 cm³/mol. The van der Waals surface area contributed by atoms with Crippen molar-refractivity contribution in [1.82, 2.24) is 20.3 Å². The molecule has 1 saturated heterocycles. The van der Waals surface area contributed by atoms with E-state index in [1.165, 1.54) is 4.90 Å². The van der Waals surface area contributed by atoms with Gasteiger partial charge >= 0.3 is 6.09 Å². The van der Waals surface area contributed by atoms with E-state index >= 15 is 0 Å². The molecule has 0 aromatic heterocycles. The number of carbonyl (C=O) groups is 3. The highest BCUT2D eigenvalue weighted by molar-refractivity contribution is 7.91. The Kier molecular flexibility index (Phi) is 7.24. The van der Waals surface area contributed by atoms with Crippen molar-refractivity contribution in [2.24, 2.45) is 11.8 Å². The average molecular weight is 561 g/mol. The minimum absolute atomic E-state index is 0. The number of hydrogen-bond acceptors (Lipinski definition) is 6. The molecule has 13 heteroatoms. The van der Waals surface area contributed by atoms with Crippen molar-refractivity contribution in [3.8, 4) is 0 Å². The van der Waals surface area contributed by atoms with Crippen molar-refractivity contribution in [3.63, 3.8) is 0 Å². The van der Waals surface area contributed by atoms with Crippen LogP contribution in [0.2, 0.25) is 5.02 Å². The minimum Gasteiger partial charge on any atom is -0.465 e. The lowest BCUT2D eigenvalue weighted by Gasteiger charge is -2.27. The van der Waals surface area contributed by atoms with E-state index in [0.717, 1.165) is 11.1 Å². The van der Waals surface area contributed by atoms with Gasteiger partial charge in [0.2, 0.25) is 15.9 Å². The summed E-state index contributed by atoms with van der Waals surface area (Å²) in [7, 11) is -3.72. The van der Waals surface area contributed by atoms with Gasteiger partial charge < -0.3 is 15.7 Å². The highest BCUT2D eigenvalue weighted by Crippen LogP contribution is 2.47. The molecule has 0 radical (unpaired) electrons. The standard InChI is InChI=1S/C23H29ClN4O6S.ClH/c1-2-13-9-23(13,21(30)27-35(33,34)14-6-7-14)26-20(29)18-8-12(10-25-18)19-15-4-3-5-17(24)16(15)11-28(19)22(31)32;/h3-5,12-14,18-19,25H,2,6-11H2,1H3,(H,26,29)(H,27,30)(H,31,32);1H/t12-,13-,18+,19?,23-;/m1./s1. The summed E-state index contributed by atoms with van der Waals surface area (Å²) in [4.78, 5) is 39.5. The number of carbonyl (C=O) groups excluding carboxylic acids is 2. The van der Waals surface area contributed by atoms with Crippen LogP contribution in [0, 0.1) is 11.8 Å². The summed E-state index contributed by atoms with van der Waals surface area (Å²) in [5.74, 6) is -1.35. The molecule has 1 aromatic rings. The monoisotopic (exact) mass is 560 g/mol. The Labute approximate surface area is 221 Å². The largest absolute Gasteiger partial charge is 0.465 e. The first-order chi connectivity index (χ1) is 16.6. The summed E-state index contributed by atoms with van der Waals surface area (Å²) in [5, 5.41) is 15.8. The van der Waals surface area contributed by atoms with Gasteiger partial charge in [-0.2, -0.15) is 0 Å². The number of amides is 3. The molecule has 10 nitrogen and oxygen atoms in total. The smallest absolute Gasteiger partial charge is 0.408 e. The van der Waals surface area contributed by atoms with E-state index in [2.05, 4.69) is 15.4 Å². The number of rotatable bonds is 7. The molecular weight excluding hydrogens is 531 g/mol. The zero-order chi connectivity index (χ0) is 25.1. The molecule has 1 aromatic carbocycles. The summed E-state index contributed by atoms with van der Waals surface area (Å²) in [6.45, 7) is 2.51. The van der Waals surface area contributed by atoms with Crippen molar-refractivity contribution < 1.29 is 27.9 Å². The van der Waals surface area contributed by atoms with Crippen LogP contribution in [0.1, 0.15) is 56.2 Å². The van der Waals surface area contributed by atoms with Crippen LogP contribution in [0.4, 0.5) is 4.79 Å². The van der Waals surface area contributed by atoms with Gasteiger partial charge in [0.05, 0.1) is 23.9 Å². The Morgan fingerprint density at radius 1 is 1.28 bits per heavy atom. The van der Waals surface area contributed by atoms with Gasteiger partial charge in [0, 0.05) is 11.6 Å². The van der Waals surface area contributed by atoms with Crippen LogP contribution in [-0.2, 0) is 26.2 Å². The van der Waals surface area contributed by atoms with Gasteiger partial charge in [-0.25, -0.2) is 13.2 Å². The van der Waals surface area contributed by atoms with E-state index in [9.17, 15) is 27.9 Å². The first kappa shape index (κ1) is 27.0. The first-order valence-electron chi connectivity index (χ1n) is 12.0. The molecule has 198 valence electrons. The number of carboxylic acid groups (broad SMARTS) is 1. The van der Waals surface area contributed by atoms with Gasteiger partial charge in [-0.05, 0) is 54.7 Å². The number of sulfonamides is 1. The molecule has 0 bridgehead atoms. The molecule has 4 N–H and O–H groups in total. The second-order valence-corrected chi connectivity index (χ2v) is 12.4. The molecule has 5 rings (SSSR count). The van der Waals surface area contributed by atoms with Crippen LogP contribution in [0.25, 0.3) is 0 Å². The highest BCUT2D eigenvalue weighted by atomic mass is 35.5. The van der Waals surface area contributed by atoms with Crippen LogP contribution in [0.3, 0.4) is 0 Å². The molecule has 2 heterocycles. The normalized spacial score (nSPS) is 30.8. The molecule has 3 amide bonds. The Hall–Kier alpha value is -2.08. The van der Waals surface area contributed by atoms with Crippen LogP contribution in [0.15, 0.2) is 18.2 Å². The maximum Gasteiger partial charge on any atom is 0.408 e. The zero-order valence-electron chi connectivity index (χ0n) is 19.7. The number of nitrogens with one attached hydrogen (secondary N) is 3. The van der Waals surface area contributed by atoms with Gasteiger partial charge in [-0.3, -0.25) is 19.2 Å². The average Bonchev–Trinajstić information content (AvgIpc) is 3.68. The third-order valence-corrected chi connectivity index (χ3v) is 10.0. The molecule has 2 aliphatic heterocycles. The van der Waals surface area contributed by atoms with Crippen LogP contribution < -0.4 is 15.4 Å². The SMILES string of the molecule is CC[C@@H]1C[C@]1(NC(=O)[C@@H]1C[C@@H](C2c3cccc(Cl)c3CN2C(=O)O)CN1)C(=O)NS(=O)(=O)C1CC1.Cl. The van der Waals surface area contributed by atoms with E-state index in [-0.39, 0.29) is 36.7 Å². The third kappa shape index (κ3) is 4.66.